The molecule has 1 aliphatic carbocycles. The number of amides is 1. The Morgan fingerprint density at radius 1 is 1.08 bits per heavy atom. The molecule has 0 bridgehead atoms. The van der Waals surface area contributed by atoms with Gasteiger partial charge in [-0.1, -0.05) is 24.3 Å². The molecule has 2 aliphatic rings. The Labute approximate surface area is 210 Å². The van der Waals surface area contributed by atoms with E-state index in [-0.39, 0.29) is 16.9 Å². The molecule has 36 heavy (non-hydrogen) atoms. The van der Waals surface area contributed by atoms with E-state index in [1.807, 2.05) is 18.2 Å². The first-order chi connectivity index (χ1) is 17.4. The molecule has 9 heteroatoms. The van der Waals surface area contributed by atoms with E-state index >= 15 is 0 Å². The van der Waals surface area contributed by atoms with Crippen molar-refractivity contribution >= 4 is 15.9 Å². The molecule has 0 saturated heterocycles. The van der Waals surface area contributed by atoms with Crippen LogP contribution in [0.25, 0.3) is 11.1 Å². The molecule has 1 saturated carbocycles. The highest BCUT2D eigenvalue weighted by atomic mass is 32.2. The number of rotatable bonds is 9. The normalized spacial score (nSPS) is 18.1. The third-order valence-electron chi connectivity index (χ3n) is 6.55. The summed E-state index contributed by atoms with van der Waals surface area (Å²) < 4.78 is 33.2. The monoisotopic (exact) mass is 507 g/mol. The fourth-order valence-electron chi connectivity index (χ4n) is 4.29. The number of nitrogens with zero attached hydrogens (tertiary/aromatic N) is 1. The lowest BCUT2D eigenvalue weighted by molar-refractivity contribution is -0.120. The summed E-state index contributed by atoms with van der Waals surface area (Å²) in [5.74, 6) is 0.240. The van der Waals surface area contributed by atoms with E-state index in [0.717, 1.165) is 53.7 Å². The minimum Gasteiger partial charge on any atom is -0.489 e. The summed E-state index contributed by atoms with van der Waals surface area (Å²) >= 11 is 0. The number of aliphatic hydroxyl groups is 1. The molecule has 5 rings (SSSR count). The summed E-state index contributed by atoms with van der Waals surface area (Å²) in [6, 6.07) is 16.2. The van der Waals surface area contributed by atoms with Crippen LogP contribution in [0.4, 0.5) is 0 Å². The maximum absolute atomic E-state index is 12.5. The maximum Gasteiger partial charge on any atom is 0.264 e. The Morgan fingerprint density at radius 2 is 1.86 bits per heavy atom. The molecule has 8 nitrogen and oxygen atoms in total. The second kappa shape index (κ2) is 10.4. The van der Waals surface area contributed by atoms with Gasteiger partial charge in [-0.15, -0.1) is 0 Å². The van der Waals surface area contributed by atoms with Gasteiger partial charge in [0.2, 0.25) is 5.91 Å². The Balaban J connectivity index is 1.17. The van der Waals surface area contributed by atoms with Gasteiger partial charge in [0, 0.05) is 37.0 Å². The molecule has 0 unspecified atom stereocenters. The molecule has 0 radical (unpaired) electrons. The summed E-state index contributed by atoms with van der Waals surface area (Å²) in [6.45, 7) is 1.05. The molecular weight excluding hydrogens is 478 g/mol. The zero-order valence-electron chi connectivity index (χ0n) is 19.8. The predicted octanol–water partition coefficient (Wildman–Crippen LogP) is 2.98. The average Bonchev–Trinajstić information content (AvgIpc) is 3.75. The van der Waals surface area contributed by atoms with E-state index in [2.05, 4.69) is 21.1 Å². The van der Waals surface area contributed by atoms with Crippen LogP contribution in [0.2, 0.25) is 0 Å². The first-order valence-corrected chi connectivity index (χ1v) is 13.6. The zero-order valence-corrected chi connectivity index (χ0v) is 20.6. The molecular formula is C27H29N3O5S. The molecule has 1 aromatic heterocycles. The van der Waals surface area contributed by atoms with Crippen LogP contribution in [-0.2, 0) is 21.2 Å². The maximum atomic E-state index is 12.5. The van der Waals surface area contributed by atoms with Gasteiger partial charge in [-0.25, -0.2) is 13.1 Å². The van der Waals surface area contributed by atoms with Crippen molar-refractivity contribution in [2.24, 2.45) is 5.92 Å². The summed E-state index contributed by atoms with van der Waals surface area (Å²) in [5.41, 5.74) is 3.74. The molecule has 3 aromatic rings. The number of nitrogens with one attached hydrogen (secondary N) is 2. The molecule has 1 amide bonds. The van der Waals surface area contributed by atoms with Crippen molar-refractivity contribution in [1.82, 2.24) is 15.0 Å². The molecule has 3 N–H and O–H groups in total. The van der Waals surface area contributed by atoms with Gasteiger partial charge in [0.15, 0.2) is 0 Å². The fourth-order valence-corrected chi connectivity index (χ4v) is 5.33. The van der Waals surface area contributed by atoms with Gasteiger partial charge >= 0.3 is 0 Å². The molecule has 2 atom stereocenters. The van der Waals surface area contributed by atoms with Gasteiger partial charge in [-0.3, -0.25) is 9.78 Å². The minimum atomic E-state index is -3.86. The summed E-state index contributed by atoms with van der Waals surface area (Å²) in [5, 5.41) is 13.6. The quantitative estimate of drug-likeness (QED) is 0.408. The van der Waals surface area contributed by atoms with Crippen LogP contribution >= 0.6 is 0 Å². The summed E-state index contributed by atoms with van der Waals surface area (Å²) in [4.78, 5) is 16.0. The van der Waals surface area contributed by atoms with Crippen LogP contribution in [-0.4, -0.2) is 43.6 Å². The van der Waals surface area contributed by atoms with E-state index < -0.39 is 22.0 Å². The second-order valence-electron chi connectivity index (χ2n) is 9.33. The van der Waals surface area contributed by atoms with Gasteiger partial charge in [0.25, 0.3) is 10.0 Å². The largest absolute Gasteiger partial charge is 0.489 e. The van der Waals surface area contributed by atoms with Crippen molar-refractivity contribution in [1.29, 1.82) is 0 Å². The average molecular weight is 508 g/mol. The van der Waals surface area contributed by atoms with Crippen molar-refractivity contribution in [3.05, 3.63) is 78.1 Å². The van der Waals surface area contributed by atoms with Crippen molar-refractivity contribution < 1.29 is 23.1 Å². The number of ether oxygens (including phenoxy) is 1. The number of aryl methyl sites for hydroxylation is 1. The van der Waals surface area contributed by atoms with Gasteiger partial charge in [-0.2, -0.15) is 0 Å². The van der Waals surface area contributed by atoms with Gasteiger partial charge in [-0.05, 0) is 72.7 Å². The van der Waals surface area contributed by atoms with Gasteiger partial charge in [0.05, 0.1) is 11.0 Å². The van der Waals surface area contributed by atoms with E-state index in [1.165, 1.54) is 12.1 Å². The smallest absolute Gasteiger partial charge is 0.264 e. The van der Waals surface area contributed by atoms with E-state index in [9.17, 15) is 18.3 Å². The number of benzene rings is 2. The molecule has 1 fully saturated rings. The number of fused-ring (bicyclic) bond motifs is 1. The van der Waals surface area contributed by atoms with Gasteiger partial charge < -0.3 is 15.2 Å². The Hall–Kier alpha value is -3.27. The standard InChI is InChI=1S/C27H29N3O5S/c31-25(22-2-1-13-28-15-22)17-29-16-23-9-5-21-14-20(8-12-26(21)35-23)18-6-10-24(11-7-18)36(33,34)30-27(32)19-3-4-19/h1-2,6-8,10-15,19,23,25,29,31H,3-5,9,16-17H2,(H,30,32)/t23-,25-/m1/s1. The van der Waals surface area contributed by atoms with Crippen molar-refractivity contribution in [3.8, 4) is 16.9 Å². The Kier molecular flexibility index (Phi) is 7.04. The number of carbonyl (C=O) groups is 1. The number of hydrogen-bond donors (Lipinski definition) is 3. The van der Waals surface area contributed by atoms with Crippen molar-refractivity contribution in [2.75, 3.05) is 13.1 Å². The lowest BCUT2D eigenvalue weighted by Crippen LogP contribution is -2.36. The van der Waals surface area contributed by atoms with Crippen molar-refractivity contribution in [2.45, 2.75) is 42.8 Å². The number of sulfonamides is 1. The lowest BCUT2D eigenvalue weighted by atomic mass is 9.97. The third-order valence-corrected chi connectivity index (χ3v) is 7.91. The van der Waals surface area contributed by atoms with Crippen LogP contribution in [0.3, 0.4) is 0 Å². The molecule has 0 spiro atoms. The Morgan fingerprint density at radius 3 is 2.58 bits per heavy atom. The summed E-state index contributed by atoms with van der Waals surface area (Å²) in [6.07, 6.45) is 5.94. The zero-order chi connectivity index (χ0) is 25.1. The number of hydrogen-bond acceptors (Lipinski definition) is 7. The molecule has 1 aliphatic heterocycles. The highest BCUT2D eigenvalue weighted by molar-refractivity contribution is 7.90. The first kappa shape index (κ1) is 24.4. The van der Waals surface area contributed by atoms with Crippen LogP contribution in [0, 0.1) is 5.92 Å². The molecule has 2 aromatic carbocycles. The third kappa shape index (κ3) is 5.75. The SMILES string of the molecule is O=C(NS(=O)(=O)c1ccc(-c2ccc3c(c2)CC[C@H](CNC[C@@H](O)c2cccnc2)O3)cc1)C1CC1. The fraction of sp³-hybridized carbons (Fsp3) is 0.333. The highest BCUT2D eigenvalue weighted by Gasteiger charge is 2.32. The first-order valence-electron chi connectivity index (χ1n) is 12.1. The van der Waals surface area contributed by atoms with Crippen molar-refractivity contribution in [3.63, 3.8) is 0 Å². The lowest BCUT2D eigenvalue weighted by Gasteiger charge is -2.27. The number of pyridine rings is 1. The topological polar surface area (TPSA) is 118 Å². The Bertz CT molecular complexity index is 1330. The number of carbonyl (C=O) groups excluding carboxylic acids is 1. The van der Waals surface area contributed by atoms with Crippen LogP contribution in [0.5, 0.6) is 5.75 Å². The van der Waals surface area contributed by atoms with Crippen LogP contribution in [0.1, 0.15) is 36.5 Å². The molecule has 2 heterocycles. The van der Waals surface area contributed by atoms with E-state index in [1.54, 1.807) is 30.6 Å². The number of aromatic nitrogens is 1. The minimum absolute atomic E-state index is 0.0137. The van der Waals surface area contributed by atoms with Gasteiger partial charge in [0.1, 0.15) is 11.9 Å². The molecule has 188 valence electrons. The highest BCUT2D eigenvalue weighted by Crippen LogP contribution is 2.33. The summed E-state index contributed by atoms with van der Waals surface area (Å²) in [7, 11) is -3.86. The van der Waals surface area contributed by atoms with E-state index in [4.69, 9.17) is 4.74 Å². The number of aliphatic hydroxyl groups excluding tert-OH is 1. The second-order valence-corrected chi connectivity index (χ2v) is 11.0. The van der Waals surface area contributed by atoms with E-state index in [0.29, 0.717) is 13.1 Å². The predicted molar refractivity (Wildman–Crippen MR) is 135 cm³/mol. The van der Waals surface area contributed by atoms with Crippen LogP contribution in [0.15, 0.2) is 71.9 Å². The van der Waals surface area contributed by atoms with Crippen LogP contribution < -0.4 is 14.8 Å².